The summed E-state index contributed by atoms with van der Waals surface area (Å²) < 4.78 is 20.8. The molecule has 2 atom stereocenters. The Hall–Kier alpha value is -2.66. The van der Waals surface area contributed by atoms with E-state index in [0.29, 0.717) is 0 Å². The van der Waals surface area contributed by atoms with Gasteiger partial charge in [-0.15, -0.1) is 0 Å². The van der Waals surface area contributed by atoms with Crippen LogP contribution in [0.25, 0.3) is 0 Å². The van der Waals surface area contributed by atoms with Gasteiger partial charge in [0.25, 0.3) is 0 Å². The minimum absolute atomic E-state index is 0.0761. The molecule has 2 aliphatic heterocycles. The van der Waals surface area contributed by atoms with Crippen molar-refractivity contribution in [1.29, 1.82) is 0 Å². The fraction of sp³-hybridized carbons (Fsp3) is 0.208. The largest absolute Gasteiger partial charge is 0.464 e. The van der Waals surface area contributed by atoms with Crippen LogP contribution in [-0.2, 0) is 6.42 Å². The highest BCUT2D eigenvalue weighted by Gasteiger charge is 2.41. The number of fused-ring (bicyclic) bond motifs is 3. The zero-order valence-electron chi connectivity index (χ0n) is 16.0. The molecule has 0 saturated carbocycles. The van der Waals surface area contributed by atoms with Gasteiger partial charge in [-0.05, 0) is 47.9 Å². The van der Waals surface area contributed by atoms with Gasteiger partial charge in [0, 0.05) is 22.0 Å². The lowest BCUT2D eigenvalue weighted by Gasteiger charge is -2.38. The van der Waals surface area contributed by atoms with E-state index < -0.39 is 0 Å². The number of aryl methyl sites for hydroxylation is 1. The first-order valence-electron chi connectivity index (χ1n) is 9.79. The van der Waals surface area contributed by atoms with Crippen molar-refractivity contribution in [1.82, 2.24) is 5.01 Å². The van der Waals surface area contributed by atoms with Gasteiger partial charge in [-0.1, -0.05) is 59.3 Å². The second kappa shape index (κ2) is 7.30. The van der Waals surface area contributed by atoms with Crippen LogP contribution >= 0.6 is 15.9 Å². The summed E-state index contributed by atoms with van der Waals surface area (Å²) in [4.78, 5) is 0. The van der Waals surface area contributed by atoms with Crippen molar-refractivity contribution in [2.24, 2.45) is 5.10 Å². The van der Waals surface area contributed by atoms with E-state index in [1.54, 1.807) is 12.1 Å². The summed E-state index contributed by atoms with van der Waals surface area (Å²) in [5, 5.41) is 6.98. The van der Waals surface area contributed by atoms with Crippen molar-refractivity contribution in [3.63, 3.8) is 0 Å². The first kappa shape index (κ1) is 18.4. The molecule has 0 bridgehead atoms. The van der Waals surface area contributed by atoms with Crippen LogP contribution < -0.4 is 4.74 Å². The second-order valence-electron chi connectivity index (χ2n) is 7.40. The van der Waals surface area contributed by atoms with Gasteiger partial charge in [0.2, 0.25) is 6.23 Å². The molecule has 3 aromatic carbocycles. The first-order chi connectivity index (χ1) is 14.1. The lowest BCUT2D eigenvalue weighted by Crippen LogP contribution is -2.33. The standard InChI is InChI=1S/C24H20BrFN2O/c1-2-15-3-5-16(6-4-15)21-14-22-20-13-18(25)9-12-23(20)29-24(28(22)27-21)17-7-10-19(26)11-8-17/h3-13,22,24H,2,14H2,1H3/t22-,24-/m0/s1. The molecule has 0 aliphatic carbocycles. The van der Waals surface area contributed by atoms with Gasteiger partial charge in [0.1, 0.15) is 11.6 Å². The average Bonchev–Trinajstić information content (AvgIpc) is 3.20. The third-order valence-corrected chi connectivity index (χ3v) is 6.10. The lowest BCUT2D eigenvalue weighted by molar-refractivity contribution is -0.0191. The quantitative estimate of drug-likeness (QED) is 0.461. The van der Waals surface area contributed by atoms with Gasteiger partial charge < -0.3 is 4.74 Å². The van der Waals surface area contributed by atoms with Crippen molar-refractivity contribution in [3.05, 3.63) is 99.3 Å². The molecule has 29 heavy (non-hydrogen) atoms. The molecular weight excluding hydrogens is 431 g/mol. The maximum atomic E-state index is 13.5. The molecule has 146 valence electrons. The van der Waals surface area contributed by atoms with Crippen LogP contribution in [-0.4, -0.2) is 10.7 Å². The van der Waals surface area contributed by atoms with Crippen molar-refractivity contribution in [2.75, 3.05) is 0 Å². The molecule has 3 nitrogen and oxygen atoms in total. The normalized spacial score (nSPS) is 20.0. The maximum Gasteiger partial charge on any atom is 0.213 e. The van der Waals surface area contributed by atoms with Crippen LogP contribution in [0.15, 0.2) is 76.3 Å². The first-order valence-corrected chi connectivity index (χ1v) is 10.6. The van der Waals surface area contributed by atoms with E-state index in [4.69, 9.17) is 9.84 Å². The van der Waals surface area contributed by atoms with E-state index in [2.05, 4.69) is 53.2 Å². The molecule has 3 aromatic rings. The predicted octanol–water partition coefficient (Wildman–Crippen LogP) is 6.39. The summed E-state index contributed by atoms with van der Waals surface area (Å²) in [6, 6.07) is 21.2. The number of hydrazone groups is 1. The number of hydrogen-bond donors (Lipinski definition) is 0. The Kier molecular flexibility index (Phi) is 4.63. The van der Waals surface area contributed by atoms with E-state index in [9.17, 15) is 4.39 Å². The zero-order chi connectivity index (χ0) is 20.0. The number of rotatable bonds is 3. The van der Waals surface area contributed by atoms with Gasteiger partial charge in [-0.3, -0.25) is 0 Å². The molecule has 0 radical (unpaired) electrons. The SMILES string of the molecule is CCc1ccc(C2=NN3[C@@H](C2)c2cc(Br)ccc2O[C@H]3c2ccc(F)cc2)cc1. The molecule has 0 spiro atoms. The third kappa shape index (κ3) is 3.33. The summed E-state index contributed by atoms with van der Waals surface area (Å²) in [5.74, 6) is 0.591. The zero-order valence-corrected chi connectivity index (χ0v) is 17.6. The highest BCUT2D eigenvalue weighted by Crippen LogP contribution is 2.48. The topological polar surface area (TPSA) is 24.8 Å². The van der Waals surface area contributed by atoms with Gasteiger partial charge in [0.05, 0.1) is 11.8 Å². The molecule has 0 fully saturated rings. The predicted molar refractivity (Wildman–Crippen MR) is 115 cm³/mol. The number of hydrogen-bond acceptors (Lipinski definition) is 3. The van der Waals surface area contributed by atoms with Crippen LogP contribution in [0.5, 0.6) is 5.75 Å². The van der Waals surface area contributed by atoms with Gasteiger partial charge in [0.15, 0.2) is 0 Å². The summed E-state index contributed by atoms with van der Waals surface area (Å²) in [7, 11) is 0. The Morgan fingerprint density at radius 3 is 2.55 bits per heavy atom. The Labute approximate surface area is 177 Å². The monoisotopic (exact) mass is 450 g/mol. The molecule has 0 saturated heterocycles. The second-order valence-corrected chi connectivity index (χ2v) is 8.32. The molecule has 2 heterocycles. The van der Waals surface area contributed by atoms with E-state index in [0.717, 1.165) is 45.5 Å². The Balaban J connectivity index is 1.57. The van der Waals surface area contributed by atoms with Gasteiger partial charge in [-0.2, -0.15) is 5.10 Å². The summed E-state index contributed by atoms with van der Waals surface area (Å²) in [6.45, 7) is 2.15. The molecule has 5 rings (SSSR count). The Bertz CT molecular complexity index is 1080. The number of ether oxygens (including phenoxy) is 1. The molecule has 2 aliphatic rings. The van der Waals surface area contributed by atoms with E-state index in [1.807, 2.05) is 17.1 Å². The molecular formula is C24H20BrFN2O. The maximum absolute atomic E-state index is 13.5. The smallest absolute Gasteiger partial charge is 0.213 e. The lowest BCUT2D eigenvalue weighted by atomic mass is 9.95. The van der Waals surface area contributed by atoms with Crippen molar-refractivity contribution in [3.8, 4) is 5.75 Å². The molecule has 0 unspecified atom stereocenters. The highest BCUT2D eigenvalue weighted by atomic mass is 79.9. The Morgan fingerprint density at radius 2 is 1.83 bits per heavy atom. The Morgan fingerprint density at radius 1 is 1.07 bits per heavy atom. The summed E-state index contributed by atoms with van der Waals surface area (Å²) >= 11 is 3.58. The van der Waals surface area contributed by atoms with Crippen LogP contribution in [0.1, 0.15) is 47.9 Å². The minimum atomic E-state index is -0.387. The van der Waals surface area contributed by atoms with Crippen molar-refractivity contribution >= 4 is 21.6 Å². The fourth-order valence-electron chi connectivity index (χ4n) is 4.01. The number of halogens is 2. The highest BCUT2D eigenvalue weighted by molar-refractivity contribution is 9.10. The summed E-state index contributed by atoms with van der Waals surface area (Å²) in [5.41, 5.74) is 5.48. The van der Waals surface area contributed by atoms with Crippen LogP contribution in [0.2, 0.25) is 0 Å². The van der Waals surface area contributed by atoms with E-state index in [1.165, 1.54) is 17.7 Å². The van der Waals surface area contributed by atoms with E-state index >= 15 is 0 Å². The van der Waals surface area contributed by atoms with Crippen LogP contribution in [0.3, 0.4) is 0 Å². The average molecular weight is 451 g/mol. The number of nitrogens with zero attached hydrogens (tertiary/aromatic N) is 2. The third-order valence-electron chi connectivity index (χ3n) is 5.60. The number of benzene rings is 3. The molecule has 0 aromatic heterocycles. The fourth-order valence-corrected chi connectivity index (χ4v) is 4.39. The molecule has 0 N–H and O–H groups in total. The van der Waals surface area contributed by atoms with Crippen molar-refractivity contribution in [2.45, 2.75) is 32.0 Å². The van der Waals surface area contributed by atoms with E-state index in [-0.39, 0.29) is 18.1 Å². The van der Waals surface area contributed by atoms with Crippen molar-refractivity contribution < 1.29 is 9.13 Å². The summed E-state index contributed by atoms with van der Waals surface area (Å²) in [6.07, 6.45) is 1.43. The van der Waals surface area contributed by atoms with Gasteiger partial charge in [-0.25, -0.2) is 9.40 Å². The molecule has 5 heteroatoms. The molecule has 0 amide bonds. The van der Waals surface area contributed by atoms with Crippen LogP contribution in [0, 0.1) is 5.82 Å². The van der Waals surface area contributed by atoms with Gasteiger partial charge >= 0.3 is 0 Å². The van der Waals surface area contributed by atoms with Crippen LogP contribution in [0.4, 0.5) is 4.39 Å². The minimum Gasteiger partial charge on any atom is -0.464 e.